The number of rotatable bonds is 5. The first-order chi connectivity index (χ1) is 9.25. The number of aliphatic imine (C=N–C) groups is 1. The third-order valence-electron chi connectivity index (χ3n) is 1.83. The van der Waals surface area contributed by atoms with Crippen LogP contribution in [0.25, 0.3) is 0 Å². The molecule has 0 bridgehead atoms. The first-order valence-electron chi connectivity index (χ1n) is 5.19. The Morgan fingerprint density at radius 3 is 2.75 bits per heavy atom. The topological polar surface area (TPSA) is 88.6 Å². The van der Waals surface area contributed by atoms with E-state index in [1.807, 2.05) is 6.92 Å². The van der Waals surface area contributed by atoms with Crippen LogP contribution in [0.3, 0.4) is 0 Å². The summed E-state index contributed by atoms with van der Waals surface area (Å²) in [6, 6.07) is 0. The molecule has 0 fully saturated rings. The van der Waals surface area contributed by atoms with Crippen molar-refractivity contribution in [3.8, 4) is 0 Å². The number of carboxylic acids is 1. The second kappa shape index (κ2) is 6.75. The van der Waals surface area contributed by atoms with Crippen LogP contribution < -0.4 is 5.73 Å². The number of nitrogens with two attached hydrogens (primary N) is 1. The average Bonchev–Trinajstić information content (AvgIpc) is 2.71. The number of thiazole rings is 1. The second-order valence-corrected chi connectivity index (χ2v) is 5.78. The highest BCUT2D eigenvalue weighted by atomic mass is 32.2. The van der Waals surface area contributed by atoms with Crippen LogP contribution in [0.15, 0.2) is 21.0 Å². The van der Waals surface area contributed by atoms with Gasteiger partial charge in [0.2, 0.25) is 5.13 Å². The van der Waals surface area contributed by atoms with Gasteiger partial charge in [-0.15, -0.1) is 11.8 Å². The highest BCUT2D eigenvalue weighted by Crippen LogP contribution is 2.33. The smallest absolute Gasteiger partial charge is 0.430 e. The molecule has 20 heavy (non-hydrogen) atoms. The number of aromatic carboxylic acids is 1. The lowest BCUT2D eigenvalue weighted by molar-refractivity contribution is -0.0925. The minimum absolute atomic E-state index is 0.0598. The molecule has 1 heterocycles. The fraction of sp³-hybridized carbons (Fsp3) is 0.300. The Morgan fingerprint density at radius 1 is 1.60 bits per heavy atom. The Hall–Kier alpha value is -1.55. The lowest BCUT2D eigenvalue weighted by atomic mass is 10.4. The summed E-state index contributed by atoms with van der Waals surface area (Å²) in [6.45, 7) is 1.84. The maximum atomic E-state index is 12.1. The summed E-state index contributed by atoms with van der Waals surface area (Å²) in [6.07, 6.45) is -3.19. The molecule has 0 aliphatic carbocycles. The SMILES string of the molecule is CCSc1sc(N=CC=C(N)C(F)(F)F)nc1C(=O)O. The Bertz CT molecular complexity index is 552. The first-order valence-corrected chi connectivity index (χ1v) is 6.99. The van der Waals surface area contributed by atoms with Crippen LogP contribution in [0.4, 0.5) is 18.3 Å². The number of allylic oxidation sites excluding steroid dienone is 2. The van der Waals surface area contributed by atoms with Crippen molar-refractivity contribution in [2.45, 2.75) is 17.3 Å². The van der Waals surface area contributed by atoms with Crippen LogP contribution in [0.5, 0.6) is 0 Å². The molecule has 110 valence electrons. The van der Waals surface area contributed by atoms with Crippen molar-refractivity contribution in [2.24, 2.45) is 10.7 Å². The summed E-state index contributed by atoms with van der Waals surface area (Å²) >= 11 is 2.27. The van der Waals surface area contributed by atoms with Crippen molar-refractivity contribution in [3.63, 3.8) is 0 Å². The summed E-state index contributed by atoms with van der Waals surface area (Å²) < 4.78 is 36.8. The molecule has 0 aliphatic heterocycles. The van der Waals surface area contributed by atoms with Crippen molar-refractivity contribution >= 4 is 40.4 Å². The van der Waals surface area contributed by atoms with Crippen molar-refractivity contribution in [3.05, 3.63) is 17.5 Å². The Kier molecular flexibility index (Phi) is 5.57. The molecule has 0 spiro atoms. The summed E-state index contributed by atoms with van der Waals surface area (Å²) in [7, 11) is 0. The predicted octanol–water partition coefficient (Wildman–Crippen LogP) is 3.06. The Balaban J connectivity index is 2.94. The van der Waals surface area contributed by atoms with Crippen molar-refractivity contribution in [2.75, 3.05) is 5.75 Å². The zero-order chi connectivity index (χ0) is 15.3. The van der Waals surface area contributed by atoms with E-state index >= 15 is 0 Å². The van der Waals surface area contributed by atoms with Gasteiger partial charge in [0.15, 0.2) is 5.69 Å². The van der Waals surface area contributed by atoms with E-state index in [2.05, 4.69) is 9.98 Å². The summed E-state index contributed by atoms with van der Waals surface area (Å²) in [4.78, 5) is 18.3. The molecule has 5 nitrogen and oxygen atoms in total. The monoisotopic (exact) mass is 325 g/mol. The fourth-order valence-corrected chi connectivity index (χ4v) is 2.98. The minimum Gasteiger partial charge on any atom is -0.476 e. The van der Waals surface area contributed by atoms with E-state index in [0.717, 1.165) is 17.6 Å². The van der Waals surface area contributed by atoms with Crippen LogP contribution >= 0.6 is 23.1 Å². The van der Waals surface area contributed by atoms with Gasteiger partial charge in [0.25, 0.3) is 0 Å². The number of halogens is 3. The highest BCUT2D eigenvalue weighted by Gasteiger charge is 2.30. The number of hydrogen-bond acceptors (Lipinski definition) is 6. The molecule has 0 aliphatic rings. The van der Waals surface area contributed by atoms with E-state index < -0.39 is 17.8 Å². The van der Waals surface area contributed by atoms with Gasteiger partial charge in [-0.2, -0.15) is 13.2 Å². The van der Waals surface area contributed by atoms with Gasteiger partial charge in [0.05, 0.1) is 4.21 Å². The number of thioether (sulfide) groups is 1. The average molecular weight is 325 g/mol. The standard InChI is InChI=1S/C10H10F3N3O2S2/c1-2-19-8-6(7(17)18)16-9(20-8)15-4-3-5(14)10(11,12)13/h3-4H,2,14H2,1H3,(H,17,18). The van der Waals surface area contributed by atoms with E-state index in [9.17, 15) is 18.0 Å². The molecule has 0 saturated carbocycles. The van der Waals surface area contributed by atoms with Crippen molar-refractivity contribution < 1.29 is 23.1 Å². The maximum absolute atomic E-state index is 12.1. The van der Waals surface area contributed by atoms with E-state index in [0.29, 0.717) is 16.0 Å². The van der Waals surface area contributed by atoms with Gasteiger partial charge in [-0.3, -0.25) is 0 Å². The maximum Gasteiger partial charge on any atom is 0.430 e. The molecule has 0 unspecified atom stereocenters. The Labute approximate surface area is 120 Å². The number of aromatic nitrogens is 1. The largest absolute Gasteiger partial charge is 0.476 e. The third-order valence-corrected chi connectivity index (χ3v) is 3.93. The number of alkyl halides is 3. The van der Waals surface area contributed by atoms with Crippen molar-refractivity contribution in [1.82, 2.24) is 4.98 Å². The second-order valence-electron chi connectivity index (χ2n) is 3.27. The fourth-order valence-electron chi connectivity index (χ4n) is 0.990. The molecule has 0 atom stereocenters. The van der Waals surface area contributed by atoms with Crippen molar-refractivity contribution in [1.29, 1.82) is 0 Å². The van der Waals surface area contributed by atoms with E-state index in [1.54, 1.807) is 0 Å². The normalized spacial score (nSPS) is 13.1. The molecule has 10 heteroatoms. The molecule has 0 aromatic carbocycles. The summed E-state index contributed by atoms with van der Waals surface area (Å²) in [5, 5.41) is 8.98. The molecule has 0 saturated heterocycles. The first kappa shape index (κ1) is 16.5. The van der Waals surface area contributed by atoms with Gasteiger partial charge in [-0.1, -0.05) is 18.3 Å². The van der Waals surface area contributed by atoms with Crippen LogP contribution in [-0.2, 0) is 0 Å². The Morgan fingerprint density at radius 2 is 2.25 bits per heavy atom. The lowest BCUT2D eigenvalue weighted by Crippen LogP contribution is -2.19. The van der Waals surface area contributed by atoms with Gasteiger partial charge < -0.3 is 10.8 Å². The summed E-state index contributed by atoms with van der Waals surface area (Å²) in [5.74, 6) is -0.559. The third kappa shape index (κ3) is 4.53. The van der Waals surface area contributed by atoms with Gasteiger partial charge in [0, 0.05) is 6.21 Å². The molecule has 1 aromatic heterocycles. The number of carboxylic acid groups (broad SMARTS) is 1. The summed E-state index contributed by atoms with van der Waals surface area (Å²) in [5.41, 5.74) is 3.33. The van der Waals surface area contributed by atoms with Gasteiger partial charge in [-0.05, 0) is 11.8 Å². The zero-order valence-electron chi connectivity index (χ0n) is 10.1. The number of nitrogens with zero attached hydrogens (tertiary/aromatic N) is 2. The van der Waals surface area contributed by atoms with Gasteiger partial charge in [-0.25, -0.2) is 14.8 Å². The number of carbonyl (C=O) groups is 1. The van der Waals surface area contributed by atoms with Crippen LogP contribution in [0, 0.1) is 0 Å². The molecular weight excluding hydrogens is 315 g/mol. The van der Waals surface area contributed by atoms with Crippen LogP contribution in [0.1, 0.15) is 17.4 Å². The minimum atomic E-state index is -4.62. The molecule has 1 aromatic rings. The highest BCUT2D eigenvalue weighted by molar-refractivity contribution is 8.01. The molecule has 0 radical (unpaired) electrons. The quantitative estimate of drug-likeness (QED) is 0.641. The molecular formula is C10H10F3N3O2S2. The van der Waals surface area contributed by atoms with Crippen LogP contribution in [-0.4, -0.2) is 34.2 Å². The molecule has 1 rings (SSSR count). The van der Waals surface area contributed by atoms with E-state index in [4.69, 9.17) is 10.8 Å². The molecule has 3 N–H and O–H groups in total. The van der Waals surface area contributed by atoms with Gasteiger partial charge in [0.1, 0.15) is 5.70 Å². The van der Waals surface area contributed by atoms with E-state index in [1.165, 1.54) is 11.8 Å². The molecule has 0 amide bonds. The lowest BCUT2D eigenvalue weighted by Gasteiger charge is -2.03. The zero-order valence-corrected chi connectivity index (χ0v) is 11.8. The predicted molar refractivity (Wildman–Crippen MR) is 71.9 cm³/mol. The number of hydrogen-bond donors (Lipinski definition) is 2. The van der Waals surface area contributed by atoms with E-state index in [-0.39, 0.29) is 10.8 Å². The van der Waals surface area contributed by atoms with Gasteiger partial charge >= 0.3 is 12.1 Å². The van der Waals surface area contributed by atoms with Crippen LogP contribution in [0.2, 0.25) is 0 Å².